The standard InChI is InChI=1S/C25H20ClN3O3/c1-17(30)28-21-10-12-22(13-11-21)29-25(31)20(15-27)14-18-6-3-5-9-24(18)32-16-19-7-2-4-8-23(19)26/h2-14H,16H2,1H3,(H,28,30)(H,29,31)/b20-14+. The molecule has 0 radical (unpaired) electrons. The average Bonchev–Trinajstić information content (AvgIpc) is 2.78. The Kier molecular flexibility index (Phi) is 7.63. The highest BCUT2D eigenvalue weighted by atomic mass is 35.5. The molecule has 0 aliphatic heterocycles. The number of nitrogens with zero attached hydrogens (tertiary/aromatic N) is 1. The Morgan fingerprint density at radius 1 is 0.969 bits per heavy atom. The Balaban J connectivity index is 1.74. The predicted octanol–water partition coefficient (Wildman–Crippen LogP) is 5.42. The minimum atomic E-state index is -0.555. The fourth-order valence-electron chi connectivity index (χ4n) is 2.84. The smallest absolute Gasteiger partial charge is 0.266 e. The first-order chi connectivity index (χ1) is 15.5. The minimum Gasteiger partial charge on any atom is -0.488 e. The second-order valence-electron chi connectivity index (χ2n) is 6.80. The lowest BCUT2D eigenvalue weighted by atomic mass is 10.1. The molecule has 2 N–H and O–H groups in total. The van der Waals surface area contributed by atoms with Gasteiger partial charge in [-0.25, -0.2) is 0 Å². The van der Waals surface area contributed by atoms with Gasteiger partial charge >= 0.3 is 0 Å². The SMILES string of the molecule is CC(=O)Nc1ccc(NC(=O)/C(C#N)=C/c2ccccc2OCc2ccccc2Cl)cc1. The first-order valence-corrected chi connectivity index (χ1v) is 10.1. The zero-order chi connectivity index (χ0) is 22.9. The van der Waals surface area contributed by atoms with Crippen LogP contribution in [0.5, 0.6) is 5.75 Å². The van der Waals surface area contributed by atoms with Crippen molar-refractivity contribution in [2.24, 2.45) is 0 Å². The molecule has 2 amide bonds. The molecular formula is C25H20ClN3O3. The van der Waals surface area contributed by atoms with Crippen molar-refractivity contribution >= 4 is 40.9 Å². The fourth-order valence-corrected chi connectivity index (χ4v) is 3.04. The zero-order valence-corrected chi connectivity index (χ0v) is 18.0. The summed E-state index contributed by atoms with van der Waals surface area (Å²) in [7, 11) is 0. The van der Waals surface area contributed by atoms with E-state index in [0.29, 0.717) is 27.7 Å². The molecule has 0 bridgehead atoms. The summed E-state index contributed by atoms with van der Waals surface area (Å²) in [6.45, 7) is 1.66. The summed E-state index contributed by atoms with van der Waals surface area (Å²) in [5, 5.41) is 15.5. The van der Waals surface area contributed by atoms with Crippen molar-refractivity contribution in [3.05, 3.63) is 94.5 Å². The van der Waals surface area contributed by atoms with Crippen LogP contribution in [0.3, 0.4) is 0 Å². The van der Waals surface area contributed by atoms with Crippen molar-refractivity contribution in [3.63, 3.8) is 0 Å². The van der Waals surface area contributed by atoms with E-state index in [1.54, 1.807) is 48.5 Å². The van der Waals surface area contributed by atoms with Crippen LogP contribution in [0.1, 0.15) is 18.1 Å². The molecule has 0 saturated carbocycles. The molecule has 3 aromatic carbocycles. The van der Waals surface area contributed by atoms with Crippen LogP contribution in [0.25, 0.3) is 6.08 Å². The summed E-state index contributed by atoms with van der Waals surface area (Å²) in [4.78, 5) is 23.7. The number of ether oxygens (including phenoxy) is 1. The number of carbonyl (C=O) groups excluding carboxylic acids is 2. The Hall–Kier alpha value is -4.08. The largest absolute Gasteiger partial charge is 0.488 e. The van der Waals surface area contributed by atoms with E-state index >= 15 is 0 Å². The van der Waals surface area contributed by atoms with Crippen LogP contribution in [-0.2, 0) is 16.2 Å². The Morgan fingerprint density at radius 3 is 2.25 bits per heavy atom. The van der Waals surface area contributed by atoms with Crippen molar-refractivity contribution < 1.29 is 14.3 Å². The van der Waals surface area contributed by atoms with Crippen LogP contribution in [0.4, 0.5) is 11.4 Å². The molecule has 7 heteroatoms. The number of hydrogen-bond acceptors (Lipinski definition) is 4. The van der Waals surface area contributed by atoms with E-state index in [-0.39, 0.29) is 18.1 Å². The number of nitrogens with one attached hydrogen (secondary N) is 2. The fraction of sp³-hybridized carbons (Fsp3) is 0.0800. The van der Waals surface area contributed by atoms with Gasteiger partial charge in [-0.1, -0.05) is 48.0 Å². The van der Waals surface area contributed by atoms with Gasteiger partial charge in [-0.15, -0.1) is 0 Å². The van der Waals surface area contributed by atoms with E-state index in [0.717, 1.165) is 5.56 Å². The van der Waals surface area contributed by atoms with Crippen LogP contribution in [-0.4, -0.2) is 11.8 Å². The maximum Gasteiger partial charge on any atom is 0.266 e. The molecule has 0 aliphatic rings. The number of halogens is 1. The molecule has 0 fully saturated rings. The summed E-state index contributed by atoms with van der Waals surface area (Å²) in [5.74, 6) is -0.222. The van der Waals surface area contributed by atoms with Crippen molar-refractivity contribution in [1.29, 1.82) is 5.26 Å². The molecule has 32 heavy (non-hydrogen) atoms. The second-order valence-corrected chi connectivity index (χ2v) is 7.21. The van der Waals surface area contributed by atoms with Crippen molar-refractivity contribution in [3.8, 4) is 11.8 Å². The van der Waals surface area contributed by atoms with E-state index in [4.69, 9.17) is 16.3 Å². The van der Waals surface area contributed by atoms with Crippen molar-refractivity contribution in [2.75, 3.05) is 10.6 Å². The van der Waals surface area contributed by atoms with Gasteiger partial charge in [0.15, 0.2) is 0 Å². The van der Waals surface area contributed by atoms with Gasteiger partial charge in [0.1, 0.15) is 24.0 Å². The van der Waals surface area contributed by atoms with Crippen molar-refractivity contribution in [2.45, 2.75) is 13.5 Å². The van der Waals surface area contributed by atoms with Crippen LogP contribution in [0.2, 0.25) is 5.02 Å². The first kappa shape index (κ1) is 22.6. The molecule has 6 nitrogen and oxygen atoms in total. The molecule has 0 aromatic heterocycles. The Labute approximate surface area is 191 Å². The molecule has 160 valence electrons. The third-order valence-electron chi connectivity index (χ3n) is 4.39. The number of para-hydroxylation sites is 1. The average molecular weight is 446 g/mol. The maximum atomic E-state index is 12.6. The number of amides is 2. The topological polar surface area (TPSA) is 91.2 Å². The molecule has 3 rings (SSSR count). The highest BCUT2D eigenvalue weighted by molar-refractivity contribution is 6.31. The van der Waals surface area contributed by atoms with E-state index < -0.39 is 5.91 Å². The van der Waals surface area contributed by atoms with E-state index in [1.807, 2.05) is 30.3 Å². The second kappa shape index (κ2) is 10.8. The van der Waals surface area contributed by atoms with Crippen LogP contribution >= 0.6 is 11.6 Å². The molecule has 3 aromatic rings. The molecule has 0 saturated heterocycles. The maximum absolute atomic E-state index is 12.6. The van der Waals surface area contributed by atoms with Gasteiger partial charge in [0.05, 0.1) is 0 Å². The van der Waals surface area contributed by atoms with E-state index in [1.165, 1.54) is 13.0 Å². The zero-order valence-electron chi connectivity index (χ0n) is 17.3. The normalized spacial score (nSPS) is 10.7. The lowest BCUT2D eigenvalue weighted by Gasteiger charge is -2.11. The quantitative estimate of drug-likeness (QED) is 0.375. The Bertz CT molecular complexity index is 1200. The molecule has 0 atom stereocenters. The van der Waals surface area contributed by atoms with Gasteiger partial charge in [-0.05, 0) is 42.5 Å². The third kappa shape index (κ3) is 6.21. The first-order valence-electron chi connectivity index (χ1n) is 9.72. The van der Waals surface area contributed by atoms with Crippen LogP contribution in [0, 0.1) is 11.3 Å². The van der Waals surface area contributed by atoms with Gasteiger partial charge < -0.3 is 15.4 Å². The highest BCUT2D eigenvalue weighted by Gasteiger charge is 2.12. The van der Waals surface area contributed by atoms with Gasteiger partial charge in [0.2, 0.25) is 5.91 Å². The van der Waals surface area contributed by atoms with E-state index in [9.17, 15) is 14.9 Å². The van der Waals surface area contributed by atoms with Gasteiger partial charge in [0.25, 0.3) is 5.91 Å². The Morgan fingerprint density at radius 2 is 1.59 bits per heavy atom. The summed E-state index contributed by atoms with van der Waals surface area (Å²) in [6.07, 6.45) is 1.48. The number of carbonyl (C=O) groups is 2. The van der Waals surface area contributed by atoms with Crippen LogP contribution < -0.4 is 15.4 Å². The molecule has 0 heterocycles. The van der Waals surface area contributed by atoms with Gasteiger partial charge in [-0.3, -0.25) is 9.59 Å². The highest BCUT2D eigenvalue weighted by Crippen LogP contribution is 2.24. The summed E-state index contributed by atoms with van der Waals surface area (Å²) < 4.78 is 5.89. The monoisotopic (exact) mass is 445 g/mol. The lowest BCUT2D eigenvalue weighted by molar-refractivity contribution is -0.114. The molecule has 0 aliphatic carbocycles. The third-order valence-corrected chi connectivity index (χ3v) is 4.76. The predicted molar refractivity (Wildman–Crippen MR) is 125 cm³/mol. The van der Waals surface area contributed by atoms with Gasteiger partial charge in [0, 0.05) is 34.4 Å². The number of anilines is 2. The van der Waals surface area contributed by atoms with Crippen LogP contribution in [0.15, 0.2) is 78.4 Å². The summed E-state index contributed by atoms with van der Waals surface area (Å²) in [6, 6.07) is 23.0. The number of benzene rings is 3. The van der Waals surface area contributed by atoms with E-state index in [2.05, 4.69) is 10.6 Å². The number of hydrogen-bond donors (Lipinski definition) is 2. The van der Waals surface area contributed by atoms with Gasteiger partial charge in [-0.2, -0.15) is 5.26 Å². The molecular weight excluding hydrogens is 426 g/mol. The lowest BCUT2D eigenvalue weighted by Crippen LogP contribution is -2.13. The number of rotatable bonds is 7. The van der Waals surface area contributed by atoms with Crippen molar-refractivity contribution in [1.82, 2.24) is 0 Å². The molecule has 0 spiro atoms. The number of nitriles is 1. The molecule has 0 unspecified atom stereocenters. The minimum absolute atomic E-state index is 0.0790. The summed E-state index contributed by atoms with van der Waals surface area (Å²) in [5.41, 5.74) is 2.44. The summed E-state index contributed by atoms with van der Waals surface area (Å²) >= 11 is 6.18.